The van der Waals surface area contributed by atoms with Gasteiger partial charge in [0.25, 0.3) is 0 Å². The molecule has 0 radical (unpaired) electrons. The molecule has 0 aromatic carbocycles. The van der Waals surface area contributed by atoms with Crippen LogP contribution in [0.1, 0.15) is 12.5 Å². The topological polar surface area (TPSA) is 66.5 Å². The molecule has 2 aliphatic rings. The maximum absolute atomic E-state index is 6.01. The summed E-state index contributed by atoms with van der Waals surface area (Å²) in [4.78, 5) is 17.0. The number of rotatable bonds is 4. The van der Waals surface area contributed by atoms with Crippen LogP contribution in [-0.4, -0.2) is 78.5 Å². The molecular weight excluding hydrogens is 306 g/mol. The summed E-state index contributed by atoms with van der Waals surface area (Å²) in [6.45, 7) is 9.26. The Kier molecular flexibility index (Phi) is 4.64. The summed E-state index contributed by atoms with van der Waals surface area (Å²) in [5.74, 6) is 1.04. The second kappa shape index (κ2) is 7.04. The van der Waals surface area contributed by atoms with Crippen LogP contribution in [0.15, 0.2) is 12.5 Å². The molecule has 1 N–H and O–H groups in total. The van der Waals surface area contributed by atoms with Gasteiger partial charge >= 0.3 is 0 Å². The predicted octanol–water partition coefficient (Wildman–Crippen LogP) is 1.06. The second-order valence-corrected chi connectivity index (χ2v) is 6.44. The van der Waals surface area contributed by atoms with Crippen LogP contribution < -0.4 is 4.90 Å². The van der Waals surface area contributed by atoms with E-state index in [1.807, 2.05) is 0 Å². The summed E-state index contributed by atoms with van der Waals surface area (Å²) in [6, 6.07) is 0. The van der Waals surface area contributed by atoms with Crippen LogP contribution >= 0.6 is 0 Å². The van der Waals surface area contributed by atoms with Gasteiger partial charge in [-0.15, -0.1) is 0 Å². The van der Waals surface area contributed by atoms with Crippen molar-refractivity contribution < 1.29 is 9.47 Å². The Morgan fingerprint density at radius 1 is 1.21 bits per heavy atom. The molecule has 24 heavy (non-hydrogen) atoms. The number of ether oxygens (including phenoxy) is 2. The Balaban J connectivity index is 1.52. The van der Waals surface area contributed by atoms with E-state index in [-0.39, 0.29) is 6.10 Å². The number of nitrogens with zero attached hydrogens (tertiary/aromatic N) is 4. The van der Waals surface area contributed by atoms with Crippen LogP contribution in [0.2, 0.25) is 0 Å². The number of hydrogen-bond acceptors (Lipinski definition) is 6. The third-order valence-corrected chi connectivity index (χ3v) is 4.92. The quantitative estimate of drug-likeness (QED) is 0.904. The number of anilines is 1. The zero-order valence-corrected chi connectivity index (χ0v) is 14.2. The fourth-order valence-electron chi connectivity index (χ4n) is 3.62. The highest BCUT2D eigenvalue weighted by atomic mass is 16.5. The molecule has 0 aliphatic carbocycles. The molecule has 1 atom stereocenters. The first-order chi connectivity index (χ1) is 11.8. The van der Waals surface area contributed by atoms with Crippen molar-refractivity contribution in [1.82, 2.24) is 19.9 Å². The number of nitrogens with one attached hydrogen (secondary N) is 1. The molecule has 2 aromatic rings. The van der Waals surface area contributed by atoms with Crippen molar-refractivity contribution >= 4 is 16.9 Å². The van der Waals surface area contributed by atoms with Crippen molar-refractivity contribution in [3.63, 3.8) is 0 Å². The highest BCUT2D eigenvalue weighted by molar-refractivity contribution is 5.90. The van der Waals surface area contributed by atoms with Gasteiger partial charge in [0.1, 0.15) is 17.8 Å². The van der Waals surface area contributed by atoms with Gasteiger partial charge in [-0.25, -0.2) is 9.97 Å². The van der Waals surface area contributed by atoms with Crippen molar-refractivity contribution in [1.29, 1.82) is 0 Å². The first-order valence-electron chi connectivity index (χ1n) is 8.82. The molecule has 7 heteroatoms. The van der Waals surface area contributed by atoms with Crippen molar-refractivity contribution in [2.45, 2.75) is 19.4 Å². The van der Waals surface area contributed by atoms with E-state index in [1.54, 1.807) is 6.33 Å². The van der Waals surface area contributed by atoms with Crippen molar-refractivity contribution in [2.75, 3.05) is 57.4 Å². The molecule has 0 amide bonds. The monoisotopic (exact) mass is 331 g/mol. The Morgan fingerprint density at radius 3 is 2.92 bits per heavy atom. The number of H-pyrrole nitrogens is 1. The lowest BCUT2D eigenvalue weighted by atomic mass is 10.1. The number of fused-ring (bicyclic) bond motifs is 1. The Hall–Kier alpha value is -1.70. The normalized spacial score (nSPS) is 23.0. The summed E-state index contributed by atoms with van der Waals surface area (Å²) in [5, 5.41) is 1.16. The van der Waals surface area contributed by atoms with Gasteiger partial charge in [0, 0.05) is 38.9 Å². The molecule has 2 fully saturated rings. The molecule has 0 saturated carbocycles. The summed E-state index contributed by atoms with van der Waals surface area (Å²) in [6.07, 6.45) is 4.89. The Bertz CT molecular complexity index is 683. The van der Waals surface area contributed by atoms with E-state index < -0.39 is 0 Å². The number of aromatic amines is 1. The van der Waals surface area contributed by atoms with Gasteiger partial charge in [-0.05, 0) is 12.0 Å². The molecule has 4 heterocycles. The fraction of sp³-hybridized carbons (Fsp3) is 0.647. The van der Waals surface area contributed by atoms with Gasteiger partial charge in [0.15, 0.2) is 0 Å². The smallest absolute Gasteiger partial charge is 0.143 e. The molecule has 2 saturated heterocycles. The van der Waals surface area contributed by atoms with Gasteiger partial charge in [-0.3, -0.25) is 4.90 Å². The van der Waals surface area contributed by atoms with Gasteiger partial charge in [-0.2, -0.15) is 0 Å². The summed E-state index contributed by atoms with van der Waals surface area (Å²) in [5.41, 5.74) is 2.20. The maximum Gasteiger partial charge on any atom is 0.143 e. The largest absolute Gasteiger partial charge is 0.379 e. The number of morpholine rings is 2. The van der Waals surface area contributed by atoms with Crippen LogP contribution in [0.3, 0.4) is 0 Å². The molecule has 7 nitrogen and oxygen atoms in total. The van der Waals surface area contributed by atoms with Crippen molar-refractivity contribution in [3.05, 3.63) is 18.1 Å². The lowest BCUT2D eigenvalue weighted by molar-refractivity contribution is -0.0172. The van der Waals surface area contributed by atoms with Gasteiger partial charge in [0.2, 0.25) is 0 Å². The van der Waals surface area contributed by atoms with Crippen LogP contribution in [0.5, 0.6) is 0 Å². The average Bonchev–Trinajstić information content (AvgIpc) is 3.06. The summed E-state index contributed by atoms with van der Waals surface area (Å²) >= 11 is 0. The van der Waals surface area contributed by atoms with E-state index >= 15 is 0 Å². The molecule has 0 spiro atoms. The SMILES string of the molecule is CCc1c[nH]c2ncnc(N3CCOC(CN4CCOCC4)C3)c12. The summed E-state index contributed by atoms with van der Waals surface area (Å²) < 4.78 is 11.4. The minimum atomic E-state index is 0.214. The lowest BCUT2D eigenvalue weighted by Gasteiger charge is -2.37. The van der Waals surface area contributed by atoms with Gasteiger partial charge in [0.05, 0.1) is 31.3 Å². The molecule has 130 valence electrons. The van der Waals surface area contributed by atoms with E-state index in [0.717, 1.165) is 75.8 Å². The molecule has 4 rings (SSSR count). The zero-order valence-electron chi connectivity index (χ0n) is 14.2. The summed E-state index contributed by atoms with van der Waals surface area (Å²) in [7, 11) is 0. The fourth-order valence-corrected chi connectivity index (χ4v) is 3.62. The molecular formula is C17H25N5O2. The minimum Gasteiger partial charge on any atom is -0.379 e. The molecule has 0 bridgehead atoms. The van der Waals surface area contributed by atoms with Gasteiger partial charge < -0.3 is 19.4 Å². The standard InChI is InChI=1S/C17H25N5O2/c1-2-13-9-18-16-15(13)17(20-12-19-16)22-5-8-24-14(11-22)10-21-3-6-23-7-4-21/h9,12,14H,2-8,10-11H2,1H3,(H,18,19,20). The third-order valence-electron chi connectivity index (χ3n) is 4.92. The molecule has 1 unspecified atom stereocenters. The average molecular weight is 331 g/mol. The van der Waals surface area contributed by atoms with Crippen molar-refractivity contribution in [2.24, 2.45) is 0 Å². The highest BCUT2D eigenvalue weighted by Crippen LogP contribution is 2.28. The van der Waals surface area contributed by atoms with E-state index in [0.29, 0.717) is 0 Å². The van der Waals surface area contributed by atoms with Crippen LogP contribution in [-0.2, 0) is 15.9 Å². The molecule has 2 aliphatic heterocycles. The van der Waals surface area contributed by atoms with E-state index in [9.17, 15) is 0 Å². The van der Waals surface area contributed by atoms with Crippen LogP contribution in [0.25, 0.3) is 11.0 Å². The second-order valence-electron chi connectivity index (χ2n) is 6.44. The maximum atomic E-state index is 6.01. The highest BCUT2D eigenvalue weighted by Gasteiger charge is 2.26. The third kappa shape index (κ3) is 3.11. The first-order valence-corrected chi connectivity index (χ1v) is 8.82. The minimum absolute atomic E-state index is 0.214. The van der Waals surface area contributed by atoms with Crippen LogP contribution in [0, 0.1) is 0 Å². The molecule has 2 aromatic heterocycles. The Morgan fingerprint density at radius 2 is 2.08 bits per heavy atom. The predicted molar refractivity (Wildman–Crippen MR) is 92.5 cm³/mol. The van der Waals surface area contributed by atoms with Crippen LogP contribution in [0.4, 0.5) is 5.82 Å². The lowest BCUT2D eigenvalue weighted by Crippen LogP contribution is -2.50. The number of hydrogen-bond donors (Lipinski definition) is 1. The van der Waals surface area contributed by atoms with E-state index in [4.69, 9.17) is 9.47 Å². The zero-order chi connectivity index (χ0) is 16.4. The van der Waals surface area contributed by atoms with Gasteiger partial charge in [-0.1, -0.05) is 6.92 Å². The van der Waals surface area contributed by atoms with E-state index in [2.05, 4.69) is 37.9 Å². The number of aromatic nitrogens is 3. The van der Waals surface area contributed by atoms with E-state index in [1.165, 1.54) is 5.56 Å². The number of aryl methyl sites for hydroxylation is 1. The first kappa shape index (κ1) is 15.8. The van der Waals surface area contributed by atoms with Crippen molar-refractivity contribution in [3.8, 4) is 0 Å². The Labute approximate surface area is 142 Å².